The van der Waals surface area contributed by atoms with Gasteiger partial charge in [0, 0.05) is 0 Å². The number of nitriles is 1. The van der Waals surface area contributed by atoms with Crippen molar-refractivity contribution in [2.75, 3.05) is 10.5 Å². The third-order valence-corrected chi connectivity index (χ3v) is 2.85. The van der Waals surface area contributed by atoms with E-state index in [9.17, 15) is 13.5 Å². The highest BCUT2D eigenvalue weighted by Gasteiger charge is 2.13. The second kappa shape index (κ2) is 4.38. The van der Waals surface area contributed by atoms with Gasteiger partial charge < -0.3 is 5.11 Å². The average Bonchev–Trinajstić information content (AvgIpc) is 2.12. The van der Waals surface area contributed by atoms with Gasteiger partial charge in [-0.05, 0) is 12.1 Å². The number of benzene rings is 1. The lowest BCUT2D eigenvalue weighted by Gasteiger charge is -2.07. The zero-order chi connectivity index (χ0) is 11.5. The zero-order valence-electron chi connectivity index (χ0n) is 7.44. The standard InChI is InChI=1S/C8H7ClN2O3S/c9-6-2-1-3-7(8(6)12)11-15(13,14)5-4-10/h1-3,11-12H,5H2. The molecule has 0 heterocycles. The van der Waals surface area contributed by atoms with Gasteiger partial charge >= 0.3 is 0 Å². The molecule has 0 bridgehead atoms. The van der Waals surface area contributed by atoms with Crippen LogP contribution in [0.3, 0.4) is 0 Å². The number of nitrogens with one attached hydrogen (secondary N) is 1. The molecule has 15 heavy (non-hydrogen) atoms. The van der Waals surface area contributed by atoms with E-state index in [1.54, 1.807) is 0 Å². The Kier molecular flexibility index (Phi) is 3.39. The van der Waals surface area contributed by atoms with Crippen molar-refractivity contribution in [2.45, 2.75) is 0 Å². The van der Waals surface area contributed by atoms with Gasteiger partial charge in [0.25, 0.3) is 0 Å². The predicted molar refractivity (Wildman–Crippen MR) is 56.1 cm³/mol. The fourth-order valence-electron chi connectivity index (χ4n) is 0.886. The van der Waals surface area contributed by atoms with Crippen molar-refractivity contribution in [3.05, 3.63) is 23.2 Å². The molecule has 0 radical (unpaired) electrons. The van der Waals surface area contributed by atoms with E-state index in [-0.39, 0.29) is 16.5 Å². The normalized spacial score (nSPS) is 10.7. The number of para-hydroxylation sites is 1. The van der Waals surface area contributed by atoms with Crippen LogP contribution in [-0.4, -0.2) is 19.3 Å². The number of hydrogen-bond donors (Lipinski definition) is 2. The van der Waals surface area contributed by atoms with Crippen molar-refractivity contribution >= 4 is 27.3 Å². The molecule has 1 aromatic carbocycles. The first-order valence-electron chi connectivity index (χ1n) is 3.81. The van der Waals surface area contributed by atoms with E-state index in [0.29, 0.717) is 0 Å². The molecule has 0 amide bonds. The lowest BCUT2D eigenvalue weighted by atomic mass is 10.3. The Morgan fingerprint density at radius 2 is 2.20 bits per heavy atom. The van der Waals surface area contributed by atoms with Gasteiger partial charge in [-0.15, -0.1) is 0 Å². The molecule has 0 saturated heterocycles. The summed E-state index contributed by atoms with van der Waals surface area (Å²) in [5.74, 6) is -1.04. The zero-order valence-corrected chi connectivity index (χ0v) is 9.01. The fraction of sp³-hybridized carbons (Fsp3) is 0.125. The van der Waals surface area contributed by atoms with Crippen molar-refractivity contribution in [3.8, 4) is 11.8 Å². The summed E-state index contributed by atoms with van der Waals surface area (Å²) < 4.78 is 24.4. The molecule has 0 unspecified atom stereocenters. The molecule has 80 valence electrons. The van der Waals surface area contributed by atoms with Crippen LogP contribution in [0.1, 0.15) is 0 Å². The maximum atomic E-state index is 11.2. The lowest BCUT2D eigenvalue weighted by Crippen LogP contribution is -2.15. The molecule has 1 rings (SSSR count). The molecule has 7 heteroatoms. The second-order valence-corrected chi connectivity index (χ2v) is 4.78. The van der Waals surface area contributed by atoms with Crippen LogP contribution in [0.2, 0.25) is 5.02 Å². The summed E-state index contributed by atoms with van der Waals surface area (Å²) in [5, 5.41) is 17.7. The van der Waals surface area contributed by atoms with Gasteiger partial charge in [-0.2, -0.15) is 5.26 Å². The molecule has 0 atom stereocenters. The van der Waals surface area contributed by atoms with Gasteiger partial charge in [-0.3, -0.25) is 4.72 Å². The van der Waals surface area contributed by atoms with Gasteiger partial charge in [0.15, 0.2) is 11.5 Å². The van der Waals surface area contributed by atoms with E-state index in [1.165, 1.54) is 24.3 Å². The highest BCUT2D eigenvalue weighted by molar-refractivity contribution is 7.92. The Hall–Kier alpha value is -1.45. The van der Waals surface area contributed by atoms with Gasteiger partial charge in [-0.1, -0.05) is 17.7 Å². The van der Waals surface area contributed by atoms with E-state index >= 15 is 0 Å². The molecule has 0 aliphatic rings. The van der Waals surface area contributed by atoms with Crippen LogP contribution in [0.15, 0.2) is 18.2 Å². The van der Waals surface area contributed by atoms with Gasteiger partial charge in [0.2, 0.25) is 10.0 Å². The van der Waals surface area contributed by atoms with Crippen molar-refractivity contribution in [1.29, 1.82) is 5.26 Å². The summed E-state index contributed by atoms with van der Waals surface area (Å²) in [5.41, 5.74) is -0.0437. The van der Waals surface area contributed by atoms with Crippen LogP contribution in [0.5, 0.6) is 5.75 Å². The Balaban J connectivity index is 3.02. The van der Waals surface area contributed by atoms with Gasteiger partial charge in [-0.25, -0.2) is 8.42 Å². The first kappa shape index (κ1) is 11.6. The Labute approximate surface area is 92.0 Å². The van der Waals surface area contributed by atoms with Crippen LogP contribution < -0.4 is 4.72 Å². The van der Waals surface area contributed by atoms with Crippen molar-refractivity contribution in [2.24, 2.45) is 0 Å². The molecule has 0 aliphatic heterocycles. The van der Waals surface area contributed by atoms with E-state index < -0.39 is 15.8 Å². The van der Waals surface area contributed by atoms with Crippen LogP contribution in [0.25, 0.3) is 0 Å². The Morgan fingerprint density at radius 3 is 2.80 bits per heavy atom. The number of sulfonamides is 1. The average molecular weight is 247 g/mol. The molecular weight excluding hydrogens is 240 g/mol. The molecular formula is C8H7ClN2O3S. The topological polar surface area (TPSA) is 90.2 Å². The Morgan fingerprint density at radius 1 is 1.53 bits per heavy atom. The summed E-state index contributed by atoms with van der Waals surface area (Å²) in [6, 6.07) is 5.73. The molecule has 1 aromatic rings. The third-order valence-electron chi connectivity index (χ3n) is 1.51. The number of rotatable bonds is 3. The third kappa shape index (κ3) is 3.01. The maximum absolute atomic E-state index is 11.2. The molecule has 0 spiro atoms. The van der Waals surface area contributed by atoms with E-state index in [4.69, 9.17) is 16.9 Å². The minimum atomic E-state index is -3.75. The van der Waals surface area contributed by atoms with Crippen LogP contribution in [0.4, 0.5) is 5.69 Å². The van der Waals surface area contributed by atoms with E-state index in [1.807, 2.05) is 4.72 Å². The number of phenols is 1. The van der Waals surface area contributed by atoms with Crippen molar-refractivity contribution < 1.29 is 13.5 Å². The number of anilines is 1. The monoisotopic (exact) mass is 246 g/mol. The fourth-order valence-corrected chi connectivity index (χ4v) is 1.80. The summed E-state index contributed by atoms with van der Waals surface area (Å²) in [4.78, 5) is 0. The first-order valence-corrected chi connectivity index (χ1v) is 5.84. The number of hydrogen-bond acceptors (Lipinski definition) is 4. The summed E-state index contributed by atoms with van der Waals surface area (Å²) >= 11 is 5.57. The molecule has 2 N–H and O–H groups in total. The highest BCUT2D eigenvalue weighted by atomic mass is 35.5. The molecule has 0 aromatic heterocycles. The molecule has 0 aliphatic carbocycles. The summed E-state index contributed by atoms with van der Waals surface area (Å²) in [7, 11) is -3.75. The molecule has 0 saturated carbocycles. The van der Waals surface area contributed by atoms with E-state index in [0.717, 1.165) is 0 Å². The smallest absolute Gasteiger partial charge is 0.246 e. The van der Waals surface area contributed by atoms with E-state index in [2.05, 4.69) is 0 Å². The van der Waals surface area contributed by atoms with Crippen molar-refractivity contribution in [1.82, 2.24) is 0 Å². The number of aromatic hydroxyl groups is 1. The Bertz CT molecular complexity index is 507. The maximum Gasteiger partial charge on any atom is 0.246 e. The van der Waals surface area contributed by atoms with Gasteiger partial charge in [0.1, 0.15) is 0 Å². The summed E-state index contributed by atoms with van der Waals surface area (Å²) in [6.07, 6.45) is 0. The van der Waals surface area contributed by atoms with Crippen LogP contribution in [-0.2, 0) is 10.0 Å². The number of phenolic OH excluding ortho intramolecular Hbond substituents is 1. The minimum Gasteiger partial charge on any atom is -0.504 e. The van der Waals surface area contributed by atoms with Gasteiger partial charge in [0.05, 0.1) is 16.8 Å². The second-order valence-electron chi connectivity index (χ2n) is 2.66. The number of nitrogens with zero attached hydrogens (tertiary/aromatic N) is 1. The first-order chi connectivity index (χ1) is 6.96. The SMILES string of the molecule is N#CCS(=O)(=O)Nc1cccc(Cl)c1O. The molecule has 0 fully saturated rings. The minimum absolute atomic E-state index is 0.0344. The predicted octanol–water partition coefficient (Wildman–Crippen LogP) is 1.31. The highest BCUT2D eigenvalue weighted by Crippen LogP contribution is 2.31. The van der Waals surface area contributed by atoms with Crippen LogP contribution in [0, 0.1) is 11.3 Å². The molecule has 5 nitrogen and oxygen atoms in total. The summed E-state index contributed by atoms with van der Waals surface area (Å²) in [6.45, 7) is 0. The number of halogens is 1. The van der Waals surface area contributed by atoms with Crippen molar-refractivity contribution in [3.63, 3.8) is 0 Å². The van der Waals surface area contributed by atoms with Crippen LogP contribution >= 0.6 is 11.6 Å². The largest absolute Gasteiger partial charge is 0.504 e. The lowest BCUT2D eigenvalue weighted by molar-refractivity contribution is 0.478. The quantitative estimate of drug-likeness (QED) is 0.787.